The highest BCUT2D eigenvalue weighted by Crippen LogP contribution is 2.29. The number of carbonyl (C=O) groups excluding carboxylic acids is 1. The van der Waals surface area contributed by atoms with Gasteiger partial charge in [0.15, 0.2) is 0 Å². The van der Waals surface area contributed by atoms with Gasteiger partial charge in [-0.05, 0) is 38.5 Å². The molecule has 2 amide bonds. The van der Waals surface area contributed by atoms with Gasteiger partial charge < -0.3 is 19.4 Å². The zero-order valence-electron chi connectivity index (χ0n) is 16.2. The smallest absolute Gasteiger partial charge is 0.320 e. The summed E-state index contributed by atoms with van der Waals surface area (Å²) in [6, 6.07) is 8.28. The molecule has 1 saturated heterocycles. The third-order valence-electron chi connectivity index (χ3n) is 5.12. The summed E-state index contributed by atoms with van der Waals surface area (Å²) in [7, 11) is 1.68. The predicted molar refractivity (Wildman–Crippen MR) is 105 cm³/mol. The lowest BCUT2D eigenvalue weighted by Crippen LogP contribution is -2.53. The molecule has 140 valence electrons. The fraction of sp³-hybridized carbons (Fsp3) is 0.500. The van der Waals surface area contributed by atoms with Crippen molar-refractivity contribution in [3.05, 3.63) is 29.8 Å². The van der Waals surface area contributed by atoms with Crippen molar-refractivity contribution >= 4 is 22.8 Å². The molecule has 0 N–H and O–H groups in total. The Bertz CT molecular complexity index is 781. The number of fused-ring (bicyclic) bond motifs is 1. The highest BCUT2D eigenvalue weighted by molar-refractivity contribution is 5.89. The van der Waals surface area contributed by atoms with Gasteiger partial charge in [0.2, 0.25) is 0 Å². The van der Waals surface area contributed by atoms with Crippen molar-refractivity contribution in [2.24, 2.45) is 0 Å². The van der Waals surface area contributed by atoms with E-state index in [1.807, 2.05) is 35.8 Å². The minimum absolute atomic E-state index is 0.138. The fourth-order valence-electron chi connectivity index (χ4n) is 3.52. The van der Waals surface area contributed by atoms with Crippen LogP contribution >= 0.6 is 0 Å². The molecular weight excluding hydrogens is 328 g/mol. The van der Waals surface area contributed by atoms with Crippen LogP contribution in [0.5, 0.6) is 5.75 Å². The van der Waals surface area contributed by atoms with E-state index < -0.39 is 0 Å². The molecule has 3 rings (SSSR count). The summed E-state index contributed by atoms with van der Waals surface area (Å²) in [5, 5.41) is 1.11. The monoisotopic (exact) mass is 356 g/mol. The van der Waals surface area contributed by atoms with E-state index in [1.54, 1.807) is 7.11 Å². The summed E-state index contributed by atoms with van der Waals surface area (Å²) < 4.78 is 5.48. The van der Waals surface area contributed by atoms with Gasteiger partial charge in [-0.1, -0.05) is 12.1 Å². The summed E-state index contributed by atoms with van der Waals surface area (Å²) in [4.78, 5) is 23.4. The highest BCUT2D eigenvalue weighted by atomic mass is 16.5. The summed E-state index contributed by atoms with van der Waals surface area (Å²) >= 11 is 0. The summed E-state index contributed by atoms with van der Waals surface area (Å²) in [5.41, 5.74) is 2.08. The second-order valence-corrected chi connectivity index (χ2v) is 6.58. The molecule has 6 nitrogen and oxygen atoms in total. The lowest BCUT2D eigenvalue weighted by molar-refractivity contribution is 0.154. The molecule has 1 aliphatic rings. The molecule has 1 aromatic carbocycles. The van der Waals surface area contributed by atoms with Crippen molar-refractivity contribution in [3.8, 4) is 5.75 Å². The van der Waals surface area contributed by atoms with E-state index in [0.717, 1.165) is 61.7 Å². The molecule has 1 aliphatic heterocycles. The van der Waals surface area contributed by atoms with Gasteiger partial charge in [0.1, 0.15) is 17.1 Å². The quantitative estimate of drug-likeness (QED) is 0.844. The van der Waals surface area contributed by atoms with E-state index in [9.17, 15) is 4.79 Å². The molecule has 0 unspecified atom stereocenters. The maximum atomic E-state index is 12.5. The number of rotatable bonds is 4. The number of amides is 2. The number of aromatic nitrogens is 1. The Balaban J connectivity index is 1.78. The molecule has 26 heavy (non-hydrogen) atoms. The molecular formula is C20H28N4O2. The third kappa shape index (κ3) is 3.41. The molecule has 0 saturated carbocycles. The van der Waals surface area contributed by atoms with Crippen molar-refractivity contribution in [1.82, 2.24) is 14.8 Å². The lowest BCUT2D eigenvalue weighted by atomic mass is 10.1. The predicted octanol–water partition coefficient (Wildman–Crippen LogP) is 3.14. The number of methoxy groups -OCH3 is 1. The molecule has 1 aromatic heterocycles. The van der Waals surface area contributed by atoms with Crippen LogP contribution < -0.4 is 9.64 Å². The molecule has 0 spiro atoms. The minimum atomic E-state index is 0.138. The number of urea groups is 1. The number of carbonyl (C=O) groups is 1. The maximum Gasteiger partial charge on any atom is 0.320 e. The number of nitrogens with zero attached hydrogens (tertiary/aromatic N) is 4. The molecule has 2 heterocycles. The zero-order chi connectivity index (χ0) is 18.7. The first-order chi connectivity index (χ1) is 12.6. The van der Waals surface area contributed by atoms with Gasteiger partial charge in [-0.25, -0.2) is 9.78 Å². The number of pyridine rings is 1. The van der Waals surface area contributed by atoms with Gasteiger partial charge in [-0.2, -0.15) is 0 Å². The second kappa shape index (κ2) is 7.81. The van der Waals surface area contributed by atoms with Crippen LogP contribution in [0.3, 0.4) is 0 Å². The number of piperazine rings is 1. The van der Waals surface area contributed by atoms with Gasteiger partial charge in [0.25, 0.3) is 0 Å². The number of benzene rings is 1. The Hall–Kier alpha value is -2.50. The first-order valence-corrected chi connectivity index (χ1v) is 9.32. The normalized spacial score (nSPS) is 14.6. The largest absolute Gasteiger partial charge is 0.494 e. The van der Waals surface area contributed by atoms with Crippen molar-refractivity contribution in [2.45, 2.75) is 20.8 Å². The van der Waals surface area contributed by atoms with Crippen LogP contribution in [0.1, 0.15) is 19.4 Å². The topological polar surface area (TPSA) is 48.9 Å². The average molecular weight is 356 g/mol. The molecule has 0 bridgehead atoms. The van der Waals surface area contributed by atoms with Gasteiger partial charge in [0, 0.05) is 44.7 Å². The average Bonchev–Trinajstić information content (AvgIpc) is 2.68. The molecule has 0 atom stereocenters. The van der Waals surface area contributed by atoms with Gasteiger partial charge in [-0.15, -0.1) is 0 Å². The Morgan fingerprint density at radius 2 is 1.88 bits per heavy atom. The summed E-state index contributed by atoms with van der Waals surface area (Å²) in [5.74, 6) is 1.75. The van der Waals surface area contributed by atoms with Crippen molar-refractivity contribution < 1.29 is 9.53 Å². The second-order valence-electron chi connectivity index (χ2n) is 6.58. The van der Waals surface area contributed by atoms with E-state index >= 15 is 0 Å². The van der Waals surface area contributed by atoms with E-state index in [1.165, 1.54) is 5.56 Å². The molecule has 6 heteroatoms. The van der Waals surface area contributed by atoms with Crippen molar-refractivity contribution in [1.29, 1.82) is 0 Å². The maximum absolute atomic E-state index is 12.5. The Labute approximate surface area is 155 Å². The number of hydrogen-bond donors (Lipinski definition) is 0. The molecule has 1 fully saturated rings. The fourth-order valence-corrected chi connectivity index (χ4v) is 3.52. The highest BCUT2D eigenvalue weighted by Gasteiger charge is 2.25. The number of para-hydroxylation sites is 1. The first-order valence-electron chi connectivity index (χ1n) is 9.32. The van der Waals surface area contributed by atoms with Crippen LogP contribution in [0.25, 0.3) is 10.9 Å². The summed E-state index contributed by atoms with van der Waals surface area (Å²) in [6.07, 6.45) is 0. The van der Waals surface area contributed by atoms with Gasteiger partial charge in [0.05, 0.1) is 7.11 Å². The zero-order valence-corrected chi connectivity index (χ0v) is 16.2. The van der Waals surface area contributed by atoms with Crippen LogP contribution in [0, 0.1) is 6.92 Å². The first kappa shape index (κ1) is 18.3. The summed E-state index contributed by atoms with van der Waals surface area (Å²) in [6.45, 7) is 10.7. The molecule has 0 radical (unpaired) electrons. The van der Waals surface area contributed by atoms with Crippen LogP contribution in [-0.2, 0) is 0 Å². The standard InChI is InChI=1S/C20H28N4O2/c1-5-22(6-2)20(25)24-12-10-23(11-13-24)18-14-15(3)16-8-7-9-17(26-4)19(16)21-18/h7-9,14H,5-6,10-13H2,1-4H3. The van der Waals surface area contributed by atoms with Crippen molar-refractivity contribution in [3.63, 3.8) is 0 Å². The Morgan fingerprint density at radius 3 is 2.50 bits per heavy atom. The van der Waals surface area contributed by atoms with Crippen LogP contribution in [0.15, 0.2) is 24.3 Å². The van der Waals surface area contributed by atoms with Crippen LogP contribution in [-0.4, -0.2) is 67.2 Å². The van der Waals surface area contributed by atoms with E-state index in [-0.39, 0.29) is 6.03 Å². The molecule has 0 aliphatic carbocycles. The SMILES string of the molecule is CCN(CC)C(=O)N1CCN(c2cc(C)c3cccc(OC)c3n2)CC1. The van der Waals surface area contributed by atoms with Gasteiger partial charge >= 0.3 is 6.03 Å². The van der Waals surface area contributed by atoms with Gasteiger partial charge in [-0.3, -0.25) is 0 Å². The third-order valence-corrected chi connectivity index (χ3v) is 5.12. The Kier molecular flexibility index (Phi) is 5.49. The number of aryl methyl sites for hydroxylation is 1. The number of anilines is 1. The van der Waals surface area contributed by atoms with Crippen LogP contribution in [0.4, 0.5) is 10.6 Å². The molecule has 2 aromatic rings. The Morgan fingerprint density at radius 1 is 1.19 bits per heavy atom. The van der Waals surface area contributed by atoms with E-state index in [0.29, 0.717) is 0 Å². The van der Waals surface area contributed by atoms with E-state index in [4.69, 9.17) is 9.72 Å². The lowest BCUT2D eigenvalue weighted by Gasteiger charge is -2.37. The number of hydrogen-bond acceptors (Lipinski definition) is 4. The van der Waals surface area contributed by atoms with Crippen LogP contribution in [0.2, 0.25) is 0 Å². The van der Waals surface area contributed by atoms with Crippen molar-refractivity contribution in [2.75, 3.05) is 51.3 Å². The van der Waals surface area contributed by atoms with E-state index in [2.05, 4.69) is 24.0 Å². The minimum Gasteiger partial charge on any atom is -0.494 e. The number of ether oxygens (including phenoxy) is 1.